The molecular formula is C31H25F8NO3. The van der Waals surface area contributed by atoms with Gasteiger partial charge in [0.2, 0.25) is 0 Å². The SMILES string of the molecule is FC(F)Oc1ccc(CNCC(Cc2ccccc2)(c2cccc(OC(F)(F)F)c2)c2cccc(OC(F)(F)F)c2)cc1. The fourth-order valence-corrected chi connectivity index (χ4v) is 4.77. The van der Waals surface area contributed by atoms with Gasteiger partial charge in [-0.3, -0.25) is 0 Å². The van der Waals surface area contributed by atoms with Crippen LogP contribution in [0.3, 0.4) is 0 Å². The maximum Gasteiger partial charge on any atom is 0.573 e. The second-order valence-corrected chi connectivity index (χ2v) is 9.52. The van der Waals surface area contributed by atoms with Crippen LogP contribution in [0.25, 0.3) is 0 Å². The Kier molecular flexibility index (Phi) is 9.80. The highest BCUT2D eigenvalue weighted by molar-refractivity contribution is 5.47. The first-order valence-corrected chi connectivity index (χ1v) is 12.8. The highest BCUT2D eigenvalue weighted by Gasteiger charge is 2.38. The maximum absolute atomic E-state index is 13.1. The quantitative estimate of drug-likeness (QED) is 0.163. The van der Waals surface area contributed by atoms with Gasteiger partial charge in [-0.25, -0.2) is 0 Å². The minimum atomic E-state index is -4.97. The van der Waals surface area contributed by atoms with Crippen LogP contribution in [0.4, 0.5) is 35.1 Å². The maximum atomic E-state index is 13.1. The minimum Gasteiger partial charge on any atom is -0.435 e. The molecule has 0 saturated carbocycles. The van der Waals surface area contributed by atoms with Crippen LogP contribution in [0.2, 0.25) is 0 Å². The zero-order valence-electron chi connectivity index (χ0n) is 22.3. The Hall–Kier alpha value is -4.32. The van der Waals surface area contributed by atoms with E-state index in [9.17, 15) is 35.1 Å². The van der Waals surface area contributed by atoms with E-state index in [0.717, 1.165) is 17.7 Å². The summed E-state index contributed by atoms with van der Waals surface area (Å²) in [6.45, 7) is -2.78. The van der Waals surface area contributed by atoms with Crippen molar-refractivity contribution in [3.63, 3.8) is 0 Å². The molecule has 4 rings (SSSR count). The number of halogens is 8. The summed E-state index contributed by atoms with van der Waals surface area (Å²) in [5, 5.41) is 3.24. The van der Waals surface area contributed by atoms with E-state index in [2.05, 4.69) is 19.5 Å². The lowest BCUT2D eigenvalue weighted by atomic mass is 9.70. The number of ether oxygens (including phenoxy) is 3. The largest absolute Gasteiger partial charge is 0.573 e. The molecule has 1 N–H and O–H groups in total. The van der Waals surface area contributed by atoms with Gasteiger partial charge in [0.15, 0.2) is 0 Å². The van der Waals surface area contributed by atoms with Crippen LogP contribution in [0.5, 0.6) is 17.2 Å². The van der Waals surface area contributed by atoms with Gasteiger partial charge in [0.1, 0.15) is 17.2 Å². The van der Waals surface area contributed by atoms with E-state index in [1.54, 1.807) is 54.6 Å². The normalized spacial score (nSPS) is 12.3. The average molecular weight is 612 g/mol. The topological polar surface area (TPSA) is 39.7 Å². The van der Waals surface area contributed by atoms with Crippen molar-refractivity contribution in [2.75, 3.05) is 6.54 Å². The van der Waals surface area contributed by atoms with Gasteiger partial charge in [0.25, 0.3) is 0 Å². The molecule has 4 aromatic carbocycles. The van der Waals surface area contributed by atoms with E-state index in [1.165, 1.54) is 36.4 Å². The Morgan fingerprint density at radius 1 is 0.581 bits per heavy atom. The predicted octanol–water partition coefficient (Wildman–Crippen LogP) is 8.40. The van der Waals surface area contributed by atoms with Gasteiger partial charge in [0, 0.05) is 18.5 Å². The summed E-state index contributed by atoms with van der Waals surface area (Å²) in [6.07, 6.45) is -9.79. The summed E-state index contributed by atoms with van der Waals surface area (Å²) in [7, 11) is 0. The zero-order chi connectivity index (χ0) is 31.1. The summed E-state index contributed by atoms with van der Waals surface area (Å²) in [6, 6.07) is 25.3. The number of rotatable bonds is 12. The molecule has 4 aromatic rings. The highest BCUT2D eigenvalue weighted by Crippen LogP contribution is 2.40. The lowest BCUT2D eigenvalue weighted by Gasteiger charge is -2.36. The molecule has 0 aliphatic rings. The molecule has 0 aliphatic carbocycles. The number of hydrogen-bond donors (Lipinski definition) is 1. The van der Waals surface area contributed by atoms with Crippen LogP contribution in [0, 0.1) is 0 Å². The Morgan fingerprint density at radius 2 is 1.12 bits per heavy atom. The third kappa shape index (κ3) is 9.34. The highest BCUT2D eigenvalue weighted by atomic mass is 19.4. The van der Waals surface area contributed by atoms with Gasteiger partial charge in [-0.05, 0) is 65.1 Å². The molecule has 4 nitrogen and oxygen atoms in total. The Morgan fingerprint density at radius 3 is 1.60 bits per heavy atom. The van der Waals surface area contributed by atoms with Crippen molar-refractivity contribution in [3.8, 4) is 17.2 Å². The van der Waals surface area contributed by atoms with Crippen LogP contribution < -0.4 is 19.5 Å². The third-order valence-corrected chi connectivity index (χ3v) is 6.49. The molecule has 0 spiro atoms. The molecule has 0 aromatic heterocycles. The van der Waals surface area contributed by atoms with Crippen LogP contribution in [0.15, 0.2) is 103 Å². The number of benzene rings is 4. The van der Waals surface area contributed by atoms with Crippen LogP contribution in [-0.4, -0.2) is 25.9 Å². The van der Waals surface area contributed by atoms with E-state index in [1.807, 2.05) is 0 Å². The molecule has 0 heterocycles. The van der Waals surface area contributed by atoms with Crippen LogP contribution >= 0.6 is 0 Å². The standard InChI is InChI=1S/C31H25F8NO3/c32-28(33)41-25-14-12-22(13-15-25)19-40-20-29(18-21-6-2-1-3-7-21,23-8-4-10-26(16-23)42-30(34,35)36)24-9-5-11-27(17-24)43-31(37,38)39/h1-17,28,40H,18-20H2. The minimum absolute atomic E-state index is 0.0299. The van der Waals surface area contributed by atoms with Crippen molar-refractivity contribution in [3.05, 3.63) is 125 Å². The molecule has 12 heteroatoms. The Bertz CT molecular complexity index is 1400. The second kappa shape index (κ2) is 13.3. The lowest BCUT2D eigenvalue weighted by Crippen LogP contribution is -2.41. The molecule has 0 atom stereocenters. The van der Waals surface area contributed by atoms with Crippen molar-refractivity contribution >= 4 is 0 Å². The monoisotopic (exact) mass is 611 g/mol. The fraction of sp³-hybridized carbons (Fsp3) is 0.226. The molecule has 228 valence electrons. The molecule has 0 fully saturated rings. The molecule has 43 heavy (non-hydrogen) atoms. The van der Waals surface area contributed by atoms with Gasteiger partial charge in [-0.2, -0.15) is 8.78 Å². The number of nitrogens with one attached hydrogen (secondary N) is 1. The smallest absolute Gasteiger partial charge is 0.435 e. The summed E-state index contributed by atoms with van der Waals surface area (Å²) in [5.74, 6) is -1.04. The van der Waals surface area contributed by atoms with Gasteiger partial charge in [0.05, 0.1) is 0 Å². The molecule has 0 saturated heterocycles. The molecule has 0 aliphatic heterocycles. The summed E-state index contributed by atoms with van der Waals surface area (Å²) < 4.78 is 117. The van der Waals surface area contributed by atoms with Crippen molar-refractivity contribution < 1.29 is 49.3 Å². The summed E-state index contributed by atoms with van der Waals surface area (Å²) in [5.41, 5.74) is 0.835. The van der Waals surface area contributed by atoms with E-state index in [4.69, 9.17) is 0 Å². The van der Waals surface area contributed by atoms with E-state index >= 15 is 0 Å². The van der Waals surface area contributed by atoms with Crippen molar-refractivity contribution in [1.82, 2.24) is 5.32 Å². The van der Waals surface area contributed by atoms with Gasteiger partial charge in [-0.15, -0.1) is 26.3 Å². The van der Waals surface area contributed by atoms with Gasteiger partial charge < -0.3 is 19.5 Å². The second-order valence-electron chi connectivity index (χ2n) is 9.52. The first-order chi connectivity index (χ1) is 20.3. The average Bonchev–Trinajstić information content (AvgIpc) is 2.92. The Labute approximate surface area is 241 Å². The summed E-state index contributed by atoms with van der Waals surface area (Å²) >= 11 is 0. The van der Waals surface area contributed by atoms with Gasteiger partial charge >= 0.3 is 19.3 Å². The molecule has 0 bridgehead atoms. The molecule has 0 radical (unpaired) electrons. The van der Waals surface area contributed by atoms with Crippen LogP contribution in [-0.2, 0) is 18.4 Å². The van der Waals surface area contributed by atoms with Crippen molar-refractivity contribution in [2.24, 2.45) is 0 Å². The van der Waals surface area contributed by atoms with Gasteiger partial charge in [-0.1, -0.05) is 66.7 Å². The Balaban J connectivity index is 1.78. The van der Waals surface area contributed by atoms with Crippen molar-refractivity contribution in [2.45, 2.75) is 37.7 Å². The van der Waals surface area contributed by atoms with Crippen molar-refractivity contribution in [1.29, 1.82) is 0 Å². The first kappa shape index (κ1) is 31.6. The number of hydrogen-bond acceptors (Lipinski definition) is 4. The zero-order valence-corrected chi connectivity index (χ0v) is 22.3. The summed E-state index contributed by atoms with van der Waals surface area (Å²) in [4.78, 5) is 0. The molecule has 0 unspecified atom stereocenters. The lowest BCUT2D eigenvalue weighted by molar-refractivity contribution is -0.275. The molecular weight excluding hydrogens is 586 g/mol. The van der Waals surface area contributed by atoms with Crippen LogP contribution in [0.1, 0.15) is 22.3 Å². The predicted molar refractivity (Wildman–Crippen MR) is 142 cm³/mol. The van der Waals surface area contributed by atoms with E-state index in [-0.39, 0.29) is 25.3 Å². The van der Waals surface area contributed by atoms with E-state index in [0.29, 0.717) is 16.7 Å². The number of alkyl halides is 8. The molecule has 0 amide bonds. The third-order valence-electron chi connectivity index (χ3n) is 6.49. The van der Waals surface area contributed by atoms with E-state index < -0.39 is 36.3 Å². The fourth-order valence-electron chi connectivity index (χ4n) is 4.77. The first-order valence-electron chi connectivity index (χ1n) is 12.8.